The molecule has 2 unspecified atom stereocenters. The Labute approximate surface area is 140 Å². The number of rotatable bonds is 10. The van der Waals surface area contributed by atoms with Gasteiger partial charge in [-0.2, -0.15) is 0 Å². The normalized spacial score (nSPS) is 31.8. The monoisotopic (exact) mass is 392 g/mol. The highest BCUT2D eigenvalue weighted by molar-refractivity contribution is 7.47. The predicted octanol–water partition coefficient (Wildman–Crippen LogP) is 1.32. The lowest BCUT2D eigenvalue weighted by molar-refractivity contribution is -0.0230. The summed E-state index contributed by atoms with van der Waals surface area (Å²) in [7, 11) is -9.25. The van der Waals surface area contributed by atoms with Crippen LogP contribution in [0.5, 0.6) is 0 Å². The molecule has 0 amide bonds. The van der Waals surface area contributed by atoms with E-state index in [1.165, 1.54) is 6.92 Å². The predicted molar refractivity (Wildman–Crippen MR) is 83.1 cm³/mol. The fourth-order valence-corrected chi connectivity index (χ4v) is 3.97. The molecule has 10 nitrogen and oxygen atoms in total. The Morgan fingerprint density at radius 2 is 1.83 bits per heavy atom. The van der Waals surface area contributed by atoms with Crippen LogP contribution < -0.4 is 0 Å². The van der Waals surface area contributed by atoms with Gasteiger partial charge in [0.25, 0.3) is 0 Å². The van der Waals surface area contributed by atoms with Gasteiger partial charge in [-0.05, 0) is 19.8 Å². The Bertz CT molecular complexity index is 480. The van der Waals surface area contributed by atoms with Crippen LogP contribution in [0.3, 0.4) is 0 Å². The van der Waals surface area contributed by atoms with Gasteiger partial charge in [0.05, 0.1) is 18.8 Å². The van der Waals surface area contributed by atoms with Crippen molar-refractivity contribution < 1.29 is 47.2 Å². The highest BCUT2D eigenvalue weighted by Gasteiger charge is 2.47. The SMILES string of the molecule is CCCC(CC)OP(=O)(O)O[C@H]1[C@@H](O)[C@H](C)O[C@@H]1COP(=O)(O)O. The van der Waals surface area contributed by atoms with Crippen LogP contribution in [-0.4, -0.2) is 56.9 Å². The van der Waals surface area contributed by atoms with Gasteiger partial charge in [0.15, 0.2) is 0 Å². The molecule has 1 heterocycles. The van der Waals surface area contributed by atoms with E-state index in [4.69, 9.17) is 23.6 Å². The molecule has 0 bridgehead atoms. The van der Waals surface area contributed by atoms with Crippen molar-refractivity contribution in [3.63, 3.8) is 0 Å². The van der Waals surface area contributed by atoms with E-state index in [2.05, 4.69) is 4.52 Å². The molecule has 0 aliphatic carbocycles. The van der Waals surface area contributed by atoms with Gasteiger partial charge in [-0.1, -0.05) is 20.3 Å². The molecule has 24 heavy (non-hydrogen) atoms. The standard InChI is InChI=1S/C12H26O10P2/c1-4-6-9(5-2)21-24(17,18)22-12-10(7-19-23(14,15)16)20-8(3)11(12)13/h8-13H,4-7H2,1-3H3,(H,17,18)(H2,14,15,16)/t8-,9?,10+,11-,12+/m0/s1. The van der Waals surface area contributed by atoms with E-state index in [0.29, 0.717) is 12.8 Å². The lowest BCUT2D eigenvalue weighted by Crippen LogP contribution is -2.36. The van der Waals surface area contributed by atoms with Crippen molar-refractivity contribution in [1.82, 2.24) is 0 Å². The largest absolute Gasteiger partial charge is 0.472 e. The van der Waals surface area contributed by atoms with Gasteiger partial charge in [0.2, 0.25) is 0 Å². The van der Waals surface area contributed by atoms with Gasteiger partial charge in [-0.25, -0.2) is 9.13 Å². The quantitative estimate of drug-likeness (QED) is 0.401. The molecule has 1 aliphatic heterocycles. The second-order valence-electron chi connectivity index (χ2n) is 5.62. The second kappa shape index (κ2) is 9.19. The van der Waals surface area contributed by atoms with Crippen LogP contribution in [0, 0.1) is 0 Å². The maximum absolute atomic E-state index is 12.2. The van der Waals surface area contributed by atoms with Crippen LogP contribution >= 0.6 is 15.6 Å². The van der Waals surface area contributed by atoms with Gasteiger partial charge < -0.3 is 24.5 Å². The lowest BCUT2D eigenvalue weighted by atomic mass is 10.1. The average Bonchev–Trinajstić information content (AvgIpc) is 2.71. The highest BCUT2D eigenvalue weighted by atomic mass is 31.2. The molecule has 1 fully saturated rings. The maximum Gasteiger partial charge on any atom is 0.472 e. The van der Waals surface area contributed by atoms with Crippen LogP contribution in [0.25, 0.3) is 0 Å². The Morgan fingerprint density at radius 3 is 2.33 bits per heavy atom. The molecule has 12 heteroatoms. The van der Waals surface area contributed by atoms with E-state index < -0.39 is 52.8 Å². The van der Waals surface area contributed by atoms with Crippen molar-refractivity contribution in [2.24, 2.45) is 0 Å². The summed E-state index contributed by atoms with van der Waals surface area (Å²) in [4.78, 5) is 27.4. The van der Waals surface area contributed by atoms with E-state index in [9.17, 15) is 19.1 Å². The van der Waals surface area contributed by atoms with E-state index in [1.807, 2.05) is 6.92 Å². The molecule has 0 radical (unpaired) electrons. The summed E-state index contributed by atoms with van der Waals surface area (Å²) in [5.74, 6) is 0. The smallest absolute Gasteiger partial charge is 0.388 e. The Hall–Kier alpha value is 0.140. The zero-order valence-corrected chi connectivity index (χ0v) is 15.6. The minimum Gasteiger partial charge on any atom is -0.388 e. The maximum atomic E-state index is 12.2. The zero-order valence-electron chi connectivity index (χ0n) is 13.8. The molecule has 1 aliphatic rings. The van der Waals surface area contributed by atoms with Crippen LogP contribution in [-0.2, 0) is 27.4 Å². The first kappa shape index (κ1) is 22.2. The van der Waals surface area contributed by atoms with Crippen molar-refractivity contribution in [2.45, 2.75) is 70.6 Å². The minimum atomic E-state index is -4.75. The average molecular weight is 392 g/mol. The number of hydrogen-bond acceptors (Lipinski definition) is 7. The number of hydrogen-bond donors (Lipinski definition) is 4. The van der Waals surface area contributed by atoms with Crippen molar-refractivity contribution in [3.8, 4) is 0 Å². The Balaban J connectivity index is 2.75. The van der Waals surface area contributed by atoms with Crippen molar-refractivity contribution in [1.29, 1.82) is 0 Å². The van der Waals surface area contributed by atoms with Gasteiger partial charge in [-0.15, -0.1) is 0 Å². The molecular weight excluding hydrogens is 366 g/mol. The molecule has 0 aromatic heterocycles. The first-order valence-corrected chi connectivity index (χ1v) is 10.7. The molecule has 0 spiro atoms. The van der Waals surface area contributed by atoms with Crippen LogP contribution in [0.1, 0.15) is 40.0 Å². The Morgan fingerprint density at radius 1 is 1.21 bits per heavy atom. The summed E-state index contributed by atoms with van der Waals surface area (Å²) in [6.45, 7) is 4.59. The van der Waals surface area contributed by atoms with Gasteiger partial charge in [0, 0.05) is 0 Å². The van der Waals surface area contributed by atoms with E-state index in [1.54, 1.807) is 6.92 Å². The summed E-state index contributed by atoms with van der Waals surface area (Å²) in [6.07, 6.45) is -3.14. The van der Waals surface area contributed by atoms with E-state index in [-0.39, 0.29) is 0 Å². The van der Waals surface area contributed by atoms with Gasteiger partial charge in [0.1, 0.15) is 18.3 Å². The first-order valence-electron chi connectivity index (χ1n) is 7.72. The fourth-order valence-electron chi connectivity index (χ4n) is 2.38. The molecule has 6 atom stereocenters. The number of aliphatic hydroxyl groups excluding tert-OH is 1. The summed E-state index contributed by atoms with van der Waals surface area (Å²) < 4.78 is 42.7. The molecule has 0 aromatic rings. The number of aliphatic hydroxyl groups is 1. The third-order valence-electron chi connectivity index (χ3n) is 3.58. The fraction of sp³-hybridized carbons (Fsp3) is 1.00. The van der Waals surface area contributed by atoms with E-state index >= 15 is 0 Å². The van der Waals surface area contributed by atoms with E-state index in [0.717, 1.165) is 6.42 Å². The van der Waals surface area contributed by atoms with Crippen LogP contribution in [0.15, 0.2) is 0 Å². The first-order chi connectivity index (χ1) is 11.0. The van der Waals surface area contributed by atoms with Crippen molar-refractivity contribution in [3.05, 3.63) is 0 Å². The van der Waals surface area contributed by atoms with Gasteiger partial charge >= 0.3 is 15.6 Å². The summed E-state index contributed by atoms with van der Waals surface area (Å²) in [6, 6.07) is 0. The third-order valence-corrected chi connectivity index (χ3v) is 5.14. The molecule has 0 aromatic carbocycles. The lowest BCUT2D eigenvalue weighted by Gasteiger charge is -2.25. The number of phosphoric ester groups is 2. The van der Waals surface area contributed by atoms with Crippen molar-refractivity contribution >= 4 is 15.6 Å². The molecular formula is C12H26O10P2. The van der Waals surface area contributed by atoms with Crippen LogP contribution in [0.4, 0.5) is 0 Å². The third kappa shape index (κ3) is 7.17. The highest BCUT2D eigenvalue weighted by Crippen LogP contribution is 2.49. The summed E-state index contributed by atoms with van der Waals surface area (Å²) >= 11 is 0. The Kier molecular flexibility index (Phi) is 8.49. The summed E-state index contributed by atoms with van der Waals surface area (Å²) in [5, 5.41) is 10.0. The van der Waals surface area contributed by atoms with Crippen LogP contribution in [0.2, 0.25) is 0 Å². The molecule has 1 rings (SSSR count). The number of phosphoric acid groups is 2. The number of ether oxygens (including phenoxy) is 1. The molecule has 144 valence electrons. The zero-order chi connectivity index (χ0) is 18.5. The second-order valence-corrected chi connectivity index (χ2v) is 8.22. The topological polar surface area (TPSA) is 152 Å². The molecule has 1 saturated heterocycles. The minimum absolute atomic E-state index is 0.479. The van der Waals surface area contributed by atoms with Crippen molar-refractivity contribution in [2.75, 3.05) is 6.61 Å². The molecule has 4 N–H and O–H groups in total. The molecule has 0 saturated carbocycles. The van der Waals surface area contributed by atoms with Gasteiger partial charge in [-0.3, -0.25) is 13.6 Å². The summed E-state index contributed by atoms with van der Waals surface area (Å²) in [5.41, 5.74) is 0.